The van der Waals surface area contributed by atoms with Crippen molar-refractivity contribution in [3.8, 4) is 5.75 Å². The maximum absolute atomic E-state index is 6.18. The molecule has 26 heavy (non-hydrogen) atoms. The molecule has 3 heteroatoms. The molecule has 0 unspecified atom stereocenters. The van der Waals surface area contributed by atoms with E-state index in [1.165, 1.54) is 42.9 Å². The SMILES string of the molecule is Cc1ccc(C(C)C)c(OCC[NH+]2CC[NH+](Cc3ccccc3)CC2)c1. The third-order valence-corrected chi connectivity index (χ3v) is 5.47. The molecular formula is C23H34N2O+2. The predicted octanol–water partition coefficient (Wildman–Crippen LogP) is 1.48. The van der Waals surface area contributed by atoms with Crippen LogP contribution in [0.3, 0.4) is 0 Å². The fraction of sp³-hybridized carbons (Fsp3) is 0.478. The van der Waals surface area contributed by atoms with Crippen LogP contribution in [0.1, 0.15) is 36.5 Å². The Morgan fingerprint density at radius 2 is 1.62 bits per heavy atom. The Labute approximate surface area is 158 Å². The summed E-state index contributed by atoms with van der Waals surface area (Å²) in [5.41, 5.74) is 4.05. The lowest BCUT2D eigenvalue weighted by atomic mass is 10.0. The van der Waals surface area contributed by atoms with E-state index in [4.69, 9.17) is 4.74 Å². The first-order valence-corrected chi connectivity index (χ1v) is 10.1. The smallest absolute Gasteiger partial charge is 0.137 e. The van der Waals surface area contributed by atoms with Gasteiger partial charge in [-0.2, -0.15) is 0 Å². The monoisotopic (exact) mass is 354 g/mol. The van der Waals surface area contributed by atoms with Crippen molar-refractivity contribution >= 4 is 0 Å². The zero-order valence-electron chi connectivity index (χ0n) is 16.6. The lowest BCUT2D eigenvalue weighted by molar-refractivity contribution is -1.02. The zero-order chi connectivity index (χ0) is 18.4. The number of ether oxygens (including phenoxy) is 1. The van der Waals surface area contributed by atoms with Crippen molar-refractivity contribution in [3.05, 3.63) is 65.2 Å². The molecule has 0 radical (unpaired) electrons. The van der Waals surface area contributed by atoms with E-state index < -0.39 is 0 Å². The van der Waals surface area contributed by atoms with E-state index in [-0.39, 0.29) is 0 Å². The summed E-state index contributed by atoms with van der Waals surface area (Å²) in [5, 5.41) is 0. The van der Waals surface area contributed by atoms with Gasteiger partial charge >= 0.3 is 0 Å². The van der Waals surface area contributed by atoms with Crippen LogP contribution in [0.25, 0.3) is 0 Å². The van der Waals surface area contributed by atoms with Gasteiger partial charge in [0.15, 0.2) is 0 Å². The maximum atomic E-state index is 6.18. The van der Waals surface area contributed by atoms with Gasteiger partial charge in [-0.25, -0.2) is 0 Å². The summed E-state index contributed by atoms with van der Waals surface area (Å²) >= 11 is 0. The van der Waals surface area contributed by atoms with E-state index in [1.54, 1.807) is 9.80 Å². The Morgan fingerprint density at radius 3 is 2.31 bits per heavy atom. The van der Waals surface area contributed by atoms with Crippen LogP contribution in [0.4, 0.5) is 0 Å². The average Bonchev–Trinajstić information content (AvgIpc) is 2.64. The standard InChI is InChI=1S/C23H32N2O/c1-19(2)22-10-9-20(3)17-23(22)26-16-15-24-11-13-25(14-12-24)18-21-7-5-4-6-8-21/h4-10,17,19H,11-16,18H2,1-3H3/p+2. The summed E-state index contributed by atoms with van der Waals surface area (Å²) in [6.45, 7) is 14.7. The molecule has 0 spiro atoms. The van der Waals surface area contributed by atoms with Crippen molar-refractivity contribution in [1.29, 1.82) is 0 Å². The minimum Gasteiger partial charge on any atom is -0.487 e. The largest absolute Gasteiger partial charge is 0.487 e. The average molecular weight is 355 g/mol. The molecule has 0 aliphatic carbocycles. The van der Waals surface area contributed by atoms with Gasteiger partial charge in [0, 0.05) is 5.56 Å². The van der Waals surface area contributed by atoms with Crippen LogP contribution in [0.5, 0.6) is 5.75 Å². The normalized spacial score (nSPS) is 20.3. The van der Waals surface area contributed by atoms with E-state index in [0.717, 1.165) is 25.4 Å². The van der Waals surface area contributed by atoms with E-state index in [2.05, 4.69) is 69.3 Å². The molecule has 0 atom stereocenters. The fourth-order valence-electron chi connectivity index (χ4n) is 3.82. The number of quaternary nitrogens is 2. The molecule has 1 aliphatic heterocycles. The van der Waals surface area contributed by atoms with Gasteiger partial charge in [-0.3, -0.25) is 0 Å². The molecule has 1 saturated heterocycles. The highest BCUT2D eigenvalue weighted by molar-refractivity contribution is 5.39. The molecule has 1 fully saturated rings. The van der Waals surface area contributed by atoms with Crippen LogP contribution in [0, 0.1) is 6.92 Å². The quantitative estimate of drug-likeness (QED) is 0.771. The van der Waals surface area contributed by atoms with Crippen molar-refractivity contribution in [1.82, 2.24) is 0 Å². The Kier molecular flexibility index (Phi) is 6.70. The van der Waals surface area contributed by atoms with E-state index in [1.807, 2.05) is 0 Å². The third-order valence-electron chi connectivity index (χ3n) is 5.47. The molecular weight excluding hydrogens is 320 g/mol. The molecule has 3 nitrogen and oxygen atoms in total. The Hall–Kier alpha value is -1.84. The summed E-state index contributed by atoms with van der Waals surface area (Å²) in [7, 11) is 0. The molecule has 140 valence electrons. The molecule has 0 bridgehead atoms. The summed E-state index contributed by atoms with van der Waals surface area (Å²) in [6, 6.07) is 17.5. The van der Waals surface area contributed by atoms with Crippen LogP contribution in [-0.4, -0.2) is 39.3 Å². The van der Waals surface area contributed by atoms with Gasteiger partial charge < -0.3 is 14.5 Å². The molecule has 2 aromatic rings. The Morgan fingerprint density at radius 1 is 0.923 bits per heavy atom. The summed E-state index contributed by atoms with van der Waals surface area (Å²) in [5.74, 6) is 1.58. The second-order valence-electron chi connectivity index (χ2n) is 7.96. The van der Waals surface area contributed by atoms with E-state index in [0.29, 0.717) is 5.92 Å². The van der Waals surface area contributed by atoms with Crippen molar-refractivity contribution in [2.24, 2.45) is 0 Å². The van der Waals surface area contributed by atoms with Gasteiger partial charge in [0.05, 0.1) is 0 Å². The highest BCUT2D eigenvalue weighted by atomic mass is 16.5. The van der Waals surface area contributed by atoms with Crippen molar-refractivity contribution in [3.63, 3.8) is 0 Å². The second kappa shape index (κ2) is 9.20. The van der Waals surface area contributed by atoms with Crippen LogP contribution < -0.4 is 14.5 Å². The van der Waals surface area contributed by atoms with E-state index in [9.17, 15) is 0 Å². The number of hydrogen-bond donors (Lipinski definition) is 2. The van der Waals surface area contributed by atoms with Crippen molar-refractivity contribution < 1.29 is 14.5 Å². The third kappa shape index (κ3) is 5.33. The molecule has 3 rings (SSSR count). The number of aryl methyl sites for hydroxylation is 1. The number of nitrogens with one attached hydrogen (secondary N) is 2. The molecule has 0 aromatic heterocycles. The first-order valence-electron chi connectivity index (χ1n) is 10.1. The summed E-state index contributed by atoms with van der Waals surface area (Å²) in [6.07, 6.45) is 0. The molecule has 2 aromatic carbocycles. The first-order chi connectivity index (χ1) is 12.6. The van der Waals surface area contributed by atoms with Gasteiger partial charge in [-0.1, -0.05) is 56.3 Å². The van der Waals surface area contributed by atoms with Crippen LogP contribution >= 0.6 is 0 Å². The van der Waals surface area contributed by atoms with Crippen LogP contribution in [0.15, 0.2) is 48.5 Å². The Balaban J connectivity index is 1.42. The number of piperazine rings is 1. The molecule has 1 aliphatic rings. The predicted molar refractivity (Wildman–Crippen MR) is 107 cm³/mol. The highest BCUT2D eigenvalue weighted by Gasteiger charge is 2.22. The van der Waals surface area contributed by atoms with E-state index >= 15 is 0 Å². The summed E-state index contributed by atoms with van der Waals surface area (Å²) in [4.78, 5) is 3.39. The van der Waals surface area contributed by atoms with Gasteiger partial charge in [-0.05, 0) is 30.0 Å². The minimum absolute atomic E-state index is 0.503. The zero-order valence-corrected chi connectivity index (χ0v) is 16.6. The Bertz CT molecular complexity index is 676. The molecule has 1 heterocycles. The maximum Gasteiger partial charge on any atom is 0.137 e. The van der Waals surface area contributed by atoms with Gasteiger partial charge in [0.25, 0.3) is 0 Å². The minimum atomic E-state index is 0.503. The van der Waals surface area contributed by atoms with Gasteiger partial charge in [-0.15, -0.1) is 0 Å². The lowest BCUT2D eigenvalue weighted by Crippen LogP contribution is -3.27. The molecule has 0 amide bonds. The summed E-state index contributed by atoms with van der Waals surface area (Å²) < 4.78 is 6.18. The molecule has 2 N–H and O–H groups in total. The number of rotatable bonds is 7. The van der Waals surface area contributed by atoms with Crippen LogP contribution in [-0.2, 0) is 6.54 Å². The van der Waals surface area contributed by atoms with Gasteiger partial charge in [0.1, 0.15) is 51.6 Å². The number of hydrogen-bond acceptors (Lipinski definition) is 1. The van der Waals surface area contributed by atoms with Crippen molar-refractivity contribution in [2.45, 2.75) is 33.2 Å². The van der Waals surface area contributed by atoms with Gasteiger partial charge in [0.2, 0.25) is 0 Å². The second-order valence-corrected chi connectivity index (χ2v) is 7.96. The van der Waals surface area contributed by atoms with Crippen molar-refractivity contribution in [2.75, 3.05) is 39.3 Å². The first kappa shape index (κ1) is 18.9. The highest BCUT2D eigenvalue weighted by Crippen LogP contribution is 2.27. The fourth-order valence-corrected chi connectivity index (χ4v) is 3.82. The van der Waals surface area contributed by atoms with Crippen LogP contribution in [0.2, 0.25) is 0 Å². The number of benzene rings is 2. The topological polar surface area (TPSA) is 18.1 Å². The lowest BCUT2D eigenvalue weighted by Gasteiger charge is -2.29. The molecule has 0 saturated carbocycles.